The number of pyridine rings is 1. The molecule has 1 aliphatic heterocycles. The number of ether oxygens (including phenoxy) is 1. The van der Waals surface area contributed by atoms with Gasteiger partial charge in [-0.2, -0.15) is 0 Å². The monoisotopic (exact) mass is 223 g/mol. The van der Waals surface area contributed by atoms with Crippen molar-refractivity contribution >= 4 is 11.8 Å². The molecule has 1 fully saturated rings. The third-order valence-electron chi connectivity index (χ3n) is 2.29. The van der Waals surface area contributed by atoms with Crippen molar-refractivity contribution in [3.63, 3.8) is 0 Å². The fourth-order valence-corrected chi connectivity index (χ4v) is 1.42. The van der Waals surface area contributed by atoms with Crippen LogP contribution >= 0.6 is 0 Å². The number of carboxylic acid groups (broad SMARTS) is 1. The van der Waals surface area contributed by atoms with Crippen molar-refractivity contribution in [1.82, 2.24) is 9.99 Å². The molecule has 1 saturated heterocycles. The van der Waals surface area contributed by atoms with Gasteiger partial charge in [0, 0.05) is 19.3 Å². The first-order chi connectivity index (χ1) is 7.75. The largest absolute Gasteiger partial charge is 0.478 e. The summed E-state index contributed by atoms with van der Waals surface area (Å²) in [6, 6.07) is 3.18. The summed E-state index contributed by atoms with van der Waals surface area (Å²) >= 11 is 0. The first kappa shape index (κ1) is 10.8. The lowest BCUT2D eigenvalue weighted by Gasteiger charge is -2.27. The van der Waals surface area contributed by atoms with E-state index in [0.717, 1.165) is 13.1 Å². The van der Waals surface area contributed by atoms with Gasteiger partial charge in [0.15, 0.2) is 0 Å². The predicted molar refractivity (Wildman–Crippen MR) is 57.2 cm³/mol. The molecule has 0 aromatic carbocycles. The highest BCUT2D eigenvalue weighted by Crippen LogP contribution is 2.07. The maximum Gasteiger partial charge on any atom is 0.337 e. The zero-order valence-corrected chi connectivity index (χ0v) is 8.72. The molecule has 0 amide bonds. The Kier molecular flexibility index (Phi) is 3.33. The summed E-state index contributed by atoms with van der Waals surface area (Å²) in [7, 11) is 0. The second-order valence-electron chi connectivity index (χ2n) is 3.45. The minimum atomic E-state index is -0.967. The molecule has 16 heavy (non-hydrogen) atoms. The van der Waals surface area contributed by atoms with Crippen LogP contribution in [0.25, 0.3) is 0 Å². The van der Waals surface area contributed by atoms with E-state index in [0.29, 0.717) is 19.0 Å². The molecule has 0 aliphatic carbocycles. The lowest BCUT2D eigenvalue weighted by molar-refractivity contribution is 0.0495. The SMILES string of the molecule is O=C(O)c1ccc(NN2CCOCC2)nc1. The maximum atomic E-state index is 10.6. The Morgan fingerprint density at radius 2 is 2.19 bits per heavy atom. The van der Waals surface area contributed by atoms with Gasteiger partial charge in [-0.3, -0.25) is 0 Å². The Labute approximate surface area is 92.8 Å². The van der Waals surface area contributed by atoms with Crippen LogP contribution in [0.2, 0.25) is 0 Å². The summed E-state index contributed by atoms with van der Waals surface area (Å²) in [5.74, 6) is -0.322. The lowest BCUT2D eigenvalue weighted by atomic mass is 10.3. The molecule has 2 N–H and O–H groups in total. The van der Waals surface area contributed by atoms with E-state index < -0.39 is 5.97 Å². The average Bonchev–Trinajstić information content (AvgIpc) is 2.31. The van der Waals surface area contributed by atoms with Gasteiger partial charge in [-0.05, 0) is 12.1 Å². The standard InChI is InChI=1S/C10H13N3O3/c14-10(15)8-1-2-9(11-7-8)12-13-3-5-16-6-4-13/h1-2,7H,3-6H2,(H,11,12)(H,14,15). The highest BCUT2D eigenvalue weighted by atomic mass is 16.5. The fraction of sp³-hybridized carbons (Fsp3) is 0.400. The Morgan fingerprint density at radius 3 is 2.75 bits per heavy atom. The van der Waals surface area contributed by atoms with Gasteiger partial charge in [-0.1, -0.05) is 0 Å². The summed E-state index contributed by atoms with van der Waals surface area (Å²) in [4.78, 5) is 14.6. The predicted octanol–water partition coefficient (Wildman–Crippen LogP) is 0.439. The minimum Gasteiger partial charge on any atom is -0.478 e. The van der Waals surface area contributed by atoms with Crippen molar-refractivity contribution in [2.75, 3.05) is 31.7 Å². The molecule has 0 radical (unpaired) electrons. The van der Waals surface area contributed by atoms with E-state index in [-0.39, 0.29) is 5.56 Å². The summed E-state index contributed by atoms with van der Waals surface area (Å²) in [6.07, 6.45) is 1.34. The third-order valence-corrected chi connectivity index (χ3v) is 2.29. The third kappa shape index (κ3) is 2.68. The van der Waals surface area contributed by atoms with Gasteiger partial charge in [0.05, 0.1) is 18.8 Å². The van der Waals surface area contributed by atoms with Crippen molar-refractivity contribution < 1.29 is 14.6 Å². The van der Waals surface area contributed by atoms with Crippen molar-refractivity contribution in [3.8, 4) is 0 Å². The smallest absolute Gasteiger partial charge is 0.337 e. The zero-order chi connectivity index (χ0) is 11.4. The number of carbonyl (C=O) groups is 1. The van der Waals surface area contributed by atoms with Gasteiger partial charge in [0.25, 0.3) is 0 Å². The normalized spacial score (nSPS) is 17.0. The molecular formula is C10H13N3O3. The summed E-state index contributed by atoms with van der Waals surface area (Å²) < 4.78 is 5.21. The molecule has 1 aliphatic rings. The minimum absolute atomic E-state index is 0.188. The molecule has 0 saturated carbocycles. The quantitative estimate of drug-likeness (QED) is 0.774. The molecule has 86 valence electrons. The molecule has 1 aromatic rings. The van der Waals surface area contributed by atoms with Crippen LogP contribution in [-0.4, -0.2) is 47.4 Å². The molecule has 6 heteroatoms. The molecule has 0 spiro atoms. The molecule has 1 aromatic heterocycles. The Hall–Kier alpha value is -1.66. The topological polar surface area (TPSA) is 74.7 Å². The molecule has 2 heterocycles. The van der Waals surface area contributed by atoms with Gasteiger partial charge >= 0.3 is 5.97 Å². The second kappa shape index (κ2) is 4.91. The van der Waals surface area contributed by atoms with E-state index in [9.17, 15) is 4.79 Å². The van der Waals surface area contributed by atoms with Crippen molar-refractivity contribution in [2.24, 2.45) is 0 Å². The lowest BCUT2D eigenvalue weighted by Crippen LogP contribution is -2.40. The van der Waals surface area contributed by atoms with Crippen molar-refractivity contribution in [2.45, 2.75) is 0 Å². The van der Waals surface area contributed by atoms with Crippen LogP contribution in [-0.2, 0) is 4.74 Å². The number of aromatic carboxylic acids is 1. The zero-order valence-electron chi connectivity index (χ0n) is 8.72. The van der Waals surface area contributed by atoms with Crippen LogP contribution in [0.15, 0.2) is 18.3 Å². The number of nitrogens with one attached hydrogen (secondary N) is 1. The van der Waals surface area contributed by atoms with Crippen LogP contribution in [0.1, 0.15) is 10.4 Å². The number of hydrazine groups is 1. The number of hydrogen-bond acceptors (Lipinski definition) is 5. The van der Waals surface area contributed by atoms with E-state index in [1.807, 2.05) is 5.01 Å². The number of nitrogens with zero attached hydrogens (tertiary/aromatic N) is 2. The van der Waals surface area contributed by atoms with E-state index in [1.54, 1.807) is 6.07 Å². The van der Waals surface area contributed by atoms with Crippen LogP contribution < -0.4 is 5.43 Å². The molecule has 2 rings (SSSR count). The van der Waals surface area contributed by atoms with Gasteiger partial charge in [-0.25, -0.2) is 14.8 Å². The average molecular weight is 223 g/mol. The number of hydrogen-bond donors (Lipinski definition) is 2. The van der Waals surface area contributed by atoms with Crippen LogP contribution in [0, 0.1) is 0 Å². The molecule has 0 unspecified atom stereocenters. The number of rotatable bonds is 3. The van der Waals surface area contributed by atoms with Crippen LogP contribution in [0.4, 0.5) is 5.82 Å². The first-order valence-corrected chi connectivity index (χ1v) is 5.04. The summed E-state index contributed by atoms with van der Waals surface area (Å²) in [5.41, 5.74) is 3.28. The van der Waals surface area contributed by atoms with Gasteiger partial charge in [-0.15, -0.1) is 0 Å². The Morgan fingerprint density at radius 1 is 1.44 bits per heavy atom. The van der Waals surface area contributed by atoms with Gasteiger partial charge in [0.2, 0.25) is 0 Å². The van der Waals surface area contributed by atoms with Crippen molar-refractivity contribution in [3.05, 3.63) is 23.9 Å². The summed E-state index contributed by atoms with van der Waals surface area (Å²) in [6.45, 7) is 2.98. The van der Waals surface area contributed by atoms with Crippen LogP contribution in [0.3, 0.4) is 0 Å². The molecule has 0 bridgehead atoms. The highest BCUT2D eigenvalue weighted by molar-refractivity contribution is 5.87. The molecular weight excluding hydrogens is 210 g/mol. The fourth-order valence-electron chi connectivity index (χ4n) is 1.42. The van der Waals surface area contributed by atoms with Crippen molar-refractivity contribution in [1.29, 1.82) is 0 Å². The van der Waals surface area contributed by atoms with E-state index in [4.69, 9.17) is 9.84 Å². The molecule has 6 nitrogen and oxygen atoms in total. The number of anilines is 1. The molecule has 0 atom stereocenters. The van der Waals surface area contributed by atoms with Gasteiger partial charge < -0.3 is 15.3 Å². The van der Waals surface area contributed by atoms with E-state index in [1.165, 1.54) is 12.3 Å². The number of aromatic nitrogens is 1. The van der Waals surface area contributed by atoms with E-state index >= 15 is 0 Å². The van der Waals surface area contributed by atoms with E-state index in [2.05, 4.69) is 10.4 Å². The van der Waals surface area contributed by atoms with Crippen LogP contribution in [0.5, 0.6) is 0 Å². The Balaban J connectivity index is 1.96. The first-order valence-electron chi connectivity index (χ1n) is 5.04. The summed E-state index contributed by atoms with van der Waals surface area (Å²) in [5, 5.41) is 10.7. The highest BCUT2D eigenvalue weighted by Gasteiger charge is 2.10. The number of morpholine rings is 1. The second-order valence-corrected chi connectivity index (χ2v) is 3.45. The number of carboxylic acids is 1. The maximum absolute atomic E-state index is 10.6. The van der Waals surface area contributed by atoms with Gasteiger partial charge in [0.1, 0.15) is 5.82 Å². The Bertz CT molecular complexity index is 360.